The molecular formula is C14H14BrClO2S. The molecule has 0 aliphatic heterocycles. The normalized spacial score (nSPS) is 12.3. The van der Waals surface area contributed by atoms with Gasteiger partial charge in [-0.25, -0.2) is 0 Å². The van der Waals surface area contributed by atoms with Crippen molar-refractivity contribution in [3.05, 3.63) is 44.1 Å². The monoisotopic (exact) mass is 360 g/mol. The molecule has 0 fully saturated rings. The summed E-state index contributed by atoms with van der Waals surface area (Å²) in [6, 6.07) is 7.72. The Morgan fingerprint density at radius 1 is 1.21 bits per heavy atom. The van der Waals surface area contributed by atoms with Crippen molar-refractivity contribution in [3.8, 4) is 11.5 Å². The fourth-order valence-corrected chi connectivity index (χ4v) is 3.84. The van der Waals surface area contributed by atoms with E-state index in [1.54, 1.807) is 25.6 Å². The topological polar surface area (TPSA) is 18.5 Å². The average Bonchev–Trinajstić information content (AvgIpc) is 2.76. The number of alkyl halides is 1. The molecule has 0 aliphatic rings. The van der Waals surface area contributed by atoms with Crippen molar-refractivity contribution in [1.29, 1.82) is 0 Å². The number of aryl methyl sites for hydroxylation is 1. The van der Waals surface area contributed by atoms with Crippen molar-refractivity contribution in [1.82, 2.24) is 0 Å². The summed E-state index contributed by atoms with van der Waals surface area (Å²) < 4.78 is 11.9. The molecule has 1 heterocycles. The van der Waals surface area contributed by atoms with E-state index in [9.17, 15) is 0 Å². The third-order valence-corrected chi connectivity index (χ3v) is 5.63. The Hall–Kier alpha value is -0.710. The highest BCUT2D eigenvalue weighted by molar-refractivity contribution is 9.10. The lowest BCUT2D eigenvalue weighted by Crippen LogP contribution is -1.99. The molecular weight excluding hydrogens is 348 g/mol. The van der Waals surface area contributed by atoms with Gasteiger partial charge in [-0.2, -0.15) is 0 Å². The molecule has 0 aliphatic carbocycles. The van der Waals surface area contributed by atoms with E-state index >= 15 is 0 Å². The van der Waals surface area contributed by atoms with Gasteiger partial charge in [0.1, 0.15) is 16.9 Å². The van der Waals surface area contributed by atoms with Gasteiger partial charge < -0.3 is 9.47 Å². The van der Waals surface area contributed by atoms with Gasteiger partial charge >= 0.3 is 0 Å². The van der Waals surface area contributed by atoms with Gasteiger partial charge in [-0.05, 0) is 41.1 Å². The van der Waals surface area contributed by atoms with Gasteiger partial charge in [-0.1, -0.05) is 6.07 Å². The van der Waals surface area contributed by atoms with Crippen LogP contribution in [0.1, 0.15) is 20.7 Å². The summed E-state index contributed by atoms with van der Waals surface area (Å²) in [7, 11) is 3.27. The maximum absolute atomic E-state index is 6.61. The summed E-state index contributed by atoms with van der Waals surface area (Å²) in [5, 5.41) is -0.291. The number of rotatable bonds is 4. The first-order chi connectivity index (χ1) is 9.08. The van der Waals surface area contributed by atoms with E-state index < -0.39 is 0 Å². The number of hydrogen-bond donors (Lipinski definition) is 0. The molecule has 0 amide bonds. The van der Waals surface area contributed by atoms with Gasteiger partial charge in [0.25, 0.3) is 0 Å². The van der Waals surface area contributed by atoms with Crippen LogP contribution in [0.15, 0.2) is 28.7 Å². The van der Waals surface area contributed by atoms with Crippen LogP contribution in [0.4, 0.5) is 0 Å². The Labute approximate surface area is 130 Å². The van der Waals surface area contributed by atoms with Crippen LogP contribution < -0.4 is 9.47 Å². The minimum Gasteiger partial charge on any atom is -0.496 e. The fraction of sp³-hybridized carbons (Fsp3) is 0.286. The van der Waals surface area contributed by atoms with Gasteiger partial charge in [-0.3, -0.25) is 0 Å². The Kier molecular flexibility index (Phi) is 4.76. The lowest BCUT2D eigenvalue weighted by molar-refractivity contribution is 0.386. The molecule has 1 aromatic carbocycles. The minimum absolute atomic E-state index is 0.291. The standard InChI is InChI=1S/C14H14BrClO2S/c1-8-9(15)7-12(19-8)14(16)13-10(17-2)5-4-6-11(13)18-3/h4-7,14H,1-3H3. The van der Waals surface area contributed by atoms with Crippen molar-refractivity contribution < 1.29 is 9.47 Å². The predicted molar refractivity (Wildman–Crippen MR) is 84.0 cm³/mol. The van der Waals surface area contributed by atoms with Crippen molar-refractivity contribution in [2.45, 2.75) is 12.3 Å². The van der Waals surface area contributed by atoms with E-state index in [1.165, 1.54) is 4.88 Å². The van der Waals surface area contributed by atoms with Crippen molar-refractivity contribution in [3.63, 3.8) is 0 Å². The van der Waals surface area contributed by atoms with E-state index in [0.717, 1.165) is 26.4 Å². The molecule has 0 bridgehead atoms. The van der Waals surface area contributed by atoms with Gasteiger partial charge in [0.05, 0.1) is 19.8 Å². The van der Waals surface area contributed by atoms with Gasteiger partial charge in [0.15, 0.2) is 0 Å². The number of benzene rings is 1. The molecule has 0 radical (unpaired) electrons. The maximum atomic E-state index is 6.61. The third kappa shape index (κ3) is 2.91. The predicted octanol–water partition coefficient (Wildman–Crippen LogP) is 5.16. The van der Waals surface area contributed by atoms with Crippen molar-refractivity contribution >= 4 is 38.9 Å². The molecule has 0 saturated heterocycles. The van der Waals surface area contributed by atoms with Gasteiger partial charge in [0.2, 0.25) is 0 Å². The molecule has 19 heavy (non-hydrogen) atoms. The highest BCUT2D eigenvalue weighted by Gasteiger charge is 2.22. The first-order valence-corrected chi connectivity index (χ1v) is 7.73. The Morgan fingerprint density at radius 3 is 2.21 bits per heavy atom. The lowest BCUT2D eigenvalue weighted by Gasteiger charge is -2.16. The van der Waals surface area contributed by atoms with E-state index in [0.29, 0.717) is 0 Å². The van der Waals surface area contributed by atoms with Gasteiger partial charge in [-0.15, -0.1) is 22.9 Å². The first-order valence-electron chi connectivity index (χ1n) is 5.69. The zero-order chi connectivity index (χ0) is 14.0. The molecule has 1 atom stereocenters. The SMILES string of the molecule is COc1cccc(OC)c1C(Cl)c1cc(Br)c(C)s1. The molecule has 2 nitrogen and oxygen atoms in total. The summed E-state index contributed by atoms with van der Waals surface area (Å²) in [5.41, 5.74) is 0.864. The largest absolute Gasteiger partial charge is 0.496 e. The maximum Gasteiger partial charge on any atom is 0.127 e. The summed E-state index contributed by atoms with van der Waals surface area (Å²) in [4.78, 5) is 2.27. The summed E-state index contributed by atoms with van der Waals surface area (Å²) in [6.45, 7) is 2.06. The molecule has 2 rings (SSSR count). The van der Waals surface area contributed by atoms with Crippen LogP contribution in [0, 0.1) is 6.92 Å². The second-order valence-corrected chi connectivity index (χ2v) is 6.57. The second-order valence-electron chi connectivity index (χ2n) is 3.99. The summed E-state index contributed by atoms with van der Waals surface area (Å²) in [6.07, 6.45) is 0. The summed E-state index contributed by atoms with van der Waals surface area (Å²) >= 11 is 11.8. The minimum atomic E-state index is -0.291. The molecule has 0 N–H and O–H groups in total. The van der Waals surface area contributed by atoms with Crippen LogP contribution in [0.2, 0.25) is 0 Å². The third-order valence-electron chi connectivity index (χ3n) is 2.85. The Balaban J connectivity index is 2.50. The molecule has 0 spiro atoms. The number of ether oxygens (including phenoxy) is 2. The zero-order valence-electron chi connectivity index (χ0n) is 10.9. The van der Waals surface area contributed by atoms with Crippen LogP contribution in [0.3, 0.4) is 0 Å². The quantitative estimate of drug-likeness (QED) is 0.700. The lowest BCUT2D eigenvalue weighted by atomic mass is 10.1. The van der Waals surface area contributed by atoms with Crippen LogP contribution >= 0.6 is 38.9 Å². The highest BCUT2D eigenvalue weighted by atomic mass is 79.9. The zero-order valence-corrected chi connectivity index (χ0v) is 14.0. The van der Waals surface area contributed by atoms with E-state index in [4.69, 9.17) is 21.1 Å². The average molecular weight is 362 g/mol. The van der Waals surface area contributed by atoms with Crippen molar-refractivity contribution in [2.75, 3.05) is 14.2 Å². The van der Waals surface area contributed by atoms with E-state index in [2.05, 4.69) is 22.9 Å². The fourth-order valence-electron chi connectivity index (χ4n) is 1.88. The van der Waals surface area contributed by atoms with Crippen LogP contribution in [-0.4, -0.2) is 14.2 Å². The molecule has 5 heteroatoms. The van der Waals surface area contributed by atoms with E-state index in [1.807, 2.05) is 24.3 Å². The van der Waals surface area contributed by atoms with Crippen LogP contribution in [-0.2, 0) is 0 Å². The first kappa shape index (κ1) is 14.7. The van der Waals surface area contributed by atoms with Gasteiger partial charge in [0, 0.05) is 14.2 Å². The molecule has 102 valence electrons. The Bertz CT molecular complexity index is 541. The number of thiophene rings is 1. The van der Waals surface area contributed by atoms with Crippen molar-refractivity contribution in [2.24, 2.45) is 0 Å². The highest BCUT2D eigenvalue weighted by Crippen LogP contribution is 2.44. The molecule has 1 aromatic heterocycles. The smallest absolute Gasteiger partial charge is 0.127 e. The second kappa shape index (κ2) is 6.16. The molecule has 0 saturated carbocycles. The van der Waals surface area contributed by atoms with Crippen LogP contribution in [0.5, 0.6) is 11.5 Å². The molecule has 1 unspecified atom stereocenters. The number of methoxy groups -OCH3 is 2. The number of hydrogen-bond acceptors (Lipinski definition) is 3. The number of halogens is 2. The Morgan fingerprint density at radius 2 is 1.79 bits per heavy atom. The van der Waals surface area contributed by atoms with E-state index in [-0.39, 0.29) is 5.38 Å². The van der Waals surface area contributed by atoms with Crippen LogP contribution in [0.25, 0.3) is 0 Å². The summed E-state index contributed by atoms with van der Waals surface area (Å²) in [5.74, 6) is 1.48. The molecule has 2 aromatic rings.